The number of hydrogen-bond donors (Lipinski definition) is 0. The van der Waals surface area contributed by atoms with E-state index in [9.17, 15) is 0 Å². The molecule has 0 heteroatoms. The van der Waals surface area contributed by atoms with E-state index in [1.807, 2.05) is 0 Å². The molecule has 0 N–H and O–H groups in total. The highest BCUT2D eigenvalue weighted by Gasteiger charge is 2.39. The highest BCUT2D eigenvalue weighted by molar-refractivity contribution is 5.42. The molecule has 4 aliphatic carbocycles. The number of rotatable bonds is 2. The van der Waals surface area contributed by atoms with Crippen LogP contribution < -0.4 is 0 Å². The van der Waals surface area contributed by atoms with Crippen LogP contribution in [-0.4, -0.2) is 0 Å². The Bertz CT molecular complexity index is 525. The first kappa shape index (κ1) is 15.5. The van der Waals surface area contributed by atoms with Crippen LogP contribution in [0.3, 0.4) is 0 Å². The first-order chi connectivity index (χ1) is 11.7. The van der Waals surface area contributed by atoms with Crippen molar-refractivity contribution in [3.63, 3.8) is 0 Å². The molecule has 0 saturated heterocycles. The smallest absolute Gasteiger partial charge is 0.0245 e. The highest BCUT2D eigenvalue weighted by Crippen LogP contribution is 2.48. The van der Waals surface area contributed by atoms with Gasteiger partial charge in [0.25, 0.3) is 0 Å². The minimum absolute atomic E-state index is 1.01. The van der Waals surface area contributed by atoms with Crippen LogP contribution in [0.2, 0.25) is 0 Å². The minimum Gasteiger partial charge on any atom is -0.0651 e. The van der Waals surface area contributed by atoms with Gasteiger partial charge in [-0.3, -0.25) is 0 Å². The Hall–Kier alpha value is -0.780. The molecule has 4 aliphatic rings. The Morgan fingerprint density at radius 1 is 0.583 bits per heavy atom. The summed E-state index contributed by atoms with van der Waals surface area (Å²) in [6, 6.07) is 5.35. The zero-order valence-electron chi connectivity index (χ0n) is 15.7. The number of benzene rings is 1. The van der Waals surface area contributed by atoms with E-state index < -0.39 is 0 Å². The fraction of sp³-hybridized carbons (Fsp3) is 0.750. The van der Waals surface area contributed by atoms with Crippen molar-refractivity contribution in [2.45, 2.75) is 78.1 Å². The van der Waals surface area contributed by atoms with Gasteiger partial charge in [0.05, 0.1) is 0 Å². The van der Waals surface area contributed by atoms with Crippen molar-refractivity contribution in [3.05, 3.63) is 34.4 Å². The van der Waals surface area contributed by atoms with Crippen LogP contribution in [0.25, 0.3) is 0 Å². The second-order valence-electron chi connectivity index (χ2n) is 9.74. The summed E-state index contributed by atoms with van der Waals surface area (Å²) in [5.41, 5.74) is 6.98. The van der Waals surface area contributed by atoms with Gasteiger partial charge in [0.1, 0.15) is 0 Å². The zero-order chi connectivity index (χ0) is 16.3. The first-order valence-corrected chi connectivity index (χ1v) is 10.9. The summed E-state index contributed by atoms with van der Waals surface area (Å²) >= 11 is 0. The van der Waals surface area contributed by atoms with Gasteiger partial charge in [0.2, 0.25) is 0 Å². The van der Waals surface area contributed by atoms with Crippen LogP contribution in [-0.2, 0) is 25.7 Å². The van der Waals surface area contributed by atoms with Gasteiger partial charge in [0, 0.05) is 0 Å². The zero-order valence-corrected chi connectivity index (χ0v) is 15.7. The third kappa shape index (κ3) is 2.47. The van der Waals surface area contributed by atoms with Gasteiger partial charge in [-0.15, -0.1) is 0 Å². The molecule has 4 atom stereocenters. The second-order valence-corrected chi connectivity index (χ2v) is 9.74. The predicted octanol–water partition coefficient (Wildman–Crippen LogP) is 5.99. The monoisotopic (exact) mass is 322 g/mol. The summed E-state index contributed by atoms with van der Waals surface area (Å²) in [5, 5.41) is 0. The molecule has 0 spiro atoms. The number of hydrogen-bond acceptors (Lipinski definition) is 0. The molecule has 1 aromatic rings. The summed E-state index contributed by atoms with van der Waals surface area (Å²) in [5.74, 6) is 6.07. The van der Waals surface area contributed by atoms with Crippen LogP contribution in [0, 0.1) is 35.5 Å². The van der Waals surface area contributed by atoms with Crippen molar-refractivity contribution in [1.82, 2.24) is 0 Å². The normalized spacial score (nSPS) is 39.9. The standard InChI is InChI=1S/C24H34/c1-3-15-5-17-9-21-13-23-11-19-7-16(4-2)8-20(19)12-24(23)14-22(21)10-18(17)6-15/h13-20H,3-12H2,1-2H3. The summed E-state index contributed by atoms with van der Waals surface area (Å²) in [4.78, 5) is 0. The molecule has 0 bridgehead atoms. The Morgan fingerprint density at radius 3 is 1.12 bits per heavy atom. The van der Waals surface area contributed by atoms with E-state index in [0.717, 1.165) is 35.5 Å². The lowest BCUT2D eigenvalue weighted by Gasteiger charge is -2.33. The molecule has 0 nitrogen and oxygen atoms in total. The van der Waals surface area contributed by atoms with E-state index in [4.69, 9.17) is 0 Å². The Kier molecular flexibility index (Phi) is 3.80. The molecule has 0 radical (unpaired) electrons. The second kappa shape index (κ2) is 5.89. The van der Waals surface area contributed by atoms with Gasteiger partial charge in [-0.25, -0.2) is 0 Å². The summed E-state index contributed by atoms with van der Waals surface area (Å²) in [6.45, 7) is 4.80. The Labute approximate surface area is 148 Å². The molecule has 1 aromatic carbocycles. The lowest BCUT2D eigenvalue weighted by molar-refractivity contribution is 0.350. The third-order valence-corrected chi connectivity index (χ3v) is 8.48. The molecular weight excluding hydrogens is 288 g/mol. The van der Waals surface area contributed by atoms with Crippen LogP contribution in [0.15, 0.2) is 12.1 Å². The molecule has 5 rings (SSSR count). The quantitative estimate of drug-likeness (QED) is 0.627. The summed E-state index contributed by atoms with van der Waals surface area (Å²) in [6.07, 6.45) is 14.5. The van der Waals surface area contributed by atoms with E-state index in [2.05, 4.69) is 26.0 Å². The molecule has 130 valence electrons. The van der Waals surface area contributed by atoms with Crippen molar-refractivity contribution in [2.24, 2.45) is 35.5 Å². The fourth-order valence-corrected chi connectivity index (χ4v) is 7.02. The molecule has 4 unspecified atom stereocenters. The Morgan fingerprint density at radius 2 is 0.875 bits per heavy atom. The van der Waals surface area contributed by atoms with E-state index in [1.54, 1.807) is 22.3 Å². The molecular formula is C24H34. The van der Waals surface area contributed by atoms with E-state index in [-0.39, 0.29) is 0 Å². The molecule has 2 fully saturated rings. The van der Waals surface area contributed by atoms with Gasteiger partial charge in [0.15, 0.2) is 0 Å². The van der Waals surface area contributed by atoms with Gasteiger partial charge in [-0.1, -0.05) is 38.8 Å². The third-order valence-electron chi connectivity index (χ3n) is 8.48. The maximum Gasteiger partial charge on any atom is -0.0245 e. The van der Waals surface area contributed by atoms with Gasteiger partial charge in [-0.2, -0.15) is 0 Å². The van der Waals surface area contributed by atoms with Gasteiger partial charge in [-0.05, 0) is 109 Å². The molecule has 0 aliphatic heterocycles. The molecule has 2 saturated carbocycles. The maximum atomic E-state index is 2.68. The summed E-state index contributed by atoms with van der Waals surface area (Å²) in [7, 11) is 0. The lowest BCUT2D eigenvalue weighted by Crippen LogP contribution is -2.25. The van der Waals surface area contributed by atoms with Crippen molar-refractivity contribution in [1.29, 1.82) is 0 Å². The van der Waals surface area contributed by atoms with Gasteiger partial charge < -0.3 is 0 Å². The first-order valence-electron chi connectivity index (χ1n) is 10.9. The van der Waals surface area contributed by atoms with Crippen molar-refractivity contribution in [3.8, 4) is 0 Å². The van der Waals surface area contributed by atoms with Crippen molar-refractivity contribution in [2.75, 3.05) is 0 Å². The Balaban J connectivity index is 1.40. The van der Waals surface area contributed by atoms with Crippen LogP contribution in [0.5, 0.6) is 0 Å². The summed E-state index contributed by atoms with van der Waals surface area (Å²) < 4.78 is 0. The van der Waals surface area contributed by atoms with Crippen molar-refractivity contribution >= 4 is 0 Å². The average Bonchev–Trinajstić information content (AvgIpc) is 3.17. The largest absolute Gasteiger partial charge is 0.0651 e. The van der Waals surface area contributed by atoms with Crippen LogP contribution in [0.1, 0.15) is 74.6 Å². The maximum absolute atomic E-state index is 2.68. The van der Waals surface area contributed by atoms with E-state index >= 15 is 0 Å². The molecule has 0 aromatic heterocycles. The minimum atomic E-state index is 1.01. The molecule has 0 heterocycles. The van der Waals surface area contributed by atoms with E-state index in [0.29, 0.717) is 0 Å². The van der Waals surface area contributed by atoms with Crippen LogP contribution in [0.4, 0.5) is 0 Å². The lowest BCUT2D eigenvalue weighted by atomic mass is 9.72. The number of fused-ring (bicyclic) bond motifs is 4. The van der Waals surface area contributed by atoms with Gasteiger partial charge >= 0.3 is 0 Å². The van der Waals surface area contributed by atoms with Crippen LogP contribution >= 0.6 is 0 Å². The topological polar surface area (TPSA) is 0 Å². The van der Waals surface area contributed by atoms with Crippen molar-refractivity contribution < 1.29 is 0 Å². The SMILES string of the molecule is CCC1CC2Cc3cc4c(cc3CC2C1)CC1CC(CC)CC1C4. The molecule has 0 amide bonds. The average molecular weight is 323 g/mol. The molecule has 24 heavy (non-hydrogen) atoms. The predicted molar refractivity (Wildman–Crippen MR) is 101 cm³/mol. The van der Waals surface area contributed by atoms with E-state index in [1.165, 1.54) is 64.2 Å². The highest BCUT2D eigenvalue weighted by atomic mass is 14.4. The fourth-order valence-electron chi connectivity index (χ4n) is 7.02.